The van der Waals surface area contributed by atoms with Gasteiger partial charge in [-0.05, 0) is 0 Å². The van der Waals surface area contributed by atoms with E-state index in [2.05, 4.69) is 15.3 Å². The molecule has 0 aromatic carbocycles. The molecular formula is C7H3Cl3N4. The van der Waals surface area contributed by atoms with Gasteiger partial charge in [-0.1, -0.05) is 34.8 Å². The molecule has 0 aliphatic carbocycles. The summed E-state index contributed by atoms with van der Waals surface area (Å²) in [6, 6.07) is 1.56. The lowest BCUT2D eigenvalue weighted by molar-refractivity contribution is 0.860. The zero-order valence-electron chi connectivity index (χ0n) is 6.65. The van der Waals surface area contributed by atoms with Crippen molar-refractivity contribution < 1.29 is 0 Å². The highest BCUT2D eigenvalue weighted by Gasteiger charge is 2.07. The average Bonchev–Trinajstić information content (AvgIpc) is 2.56. The molecule has 2 aromatic rings. The van der Waals surface area contributed by atoms with Crippen LogP contribution in [0.5, 0.6) is 0 Å². The van der Waals surface area contributed by atoms with E-state index in [4.69, 9.17) is 34.8 Å². The molecule has 0 amide bonds. The Balaban J connectivity index is 2.55. The van der Waals surface area contributed by atoms with Gasteiger partial charge in [-0.2, -0.15) is 5.10 Å². The Bertz CT molecular complexity index is 468. The molecule has 0 aliphatic rings. The predicted octanol–water partition coefficient (Wildman–Crippen LogP) is 2.62. The molecule has 0 radical (unpaired) electrons. The molecule has 0 unspecified atom stereocenters. The molecule has 2 rings (SSSR count). The van der Waals surface area contributed by atoms with Gasteiger partial charge >= 0.3 is 0 Å². The Morgan fingerprint density at radius 1 is 1.14 bits per heavy atom. The molecule has 0 bridgehead atoms. The Morgan fingerprint density at radius 2 is 1.93 bits per heavy atom. The molecule has 7 heteroatoms. The number of halogens is 3. The van der Waals surface area contributed by atoms with E-state index >= 15 is 0 Å². The minimum Gasteiger partial charge on any atom is -0.236 e. The van der Waals surface area contributed by atoms with Crippen LogP contribution in [0.25, 0.3) is 5.69 Å². The predicted molar refractivity (Wildman–Crippen MR) is 54.2 cm³/mol. The van der Waals surface area contributed by atoms with Gasteiger partial charge in [-0.15, -0.1) is 10.2 Å². The molecule has 2 heterocycles. The average molecular weight is 249 g/mol. The molecule has 0 saturated carbocycles. The first-order chi connectivity index (χ1) is 6.66. The summed E-state index contributed by atoms with van der Waals surface area (Å²) in [7, 11) is 0. The normalized spacial score (nSPS) is 10.5. The number of aromatic nitrogens is 4. The van der Waals surface area contributed by atoms with E-state index in [1.54, 1.807) is 12.3 Å². The third-order valence-corrected chi connectivity index (χ3v) is 2.15. The minimum absolute atomic E-state index is 0.217. The monoisotopic (exact) mass is 248 g/mol. The minimum atomic E-state index is 0.217. The second-order valence-electron chi connectivity index (χ2n) is 2.45. The van der Waals surface area contributed by atoms with Crippen LogP contribution in [0, 0.1) is 0 Å². The third-order valence-electron chi connectivity index (χ3n) is 1.50. The fraction of sp³-hybridized carbons (Fsp3) is 0. The second kappa shape index (κ2) is 3.73. The molecule has 72 valence electrons. The zero-order valence-corrected chi connectivity index (χ0v) is 8.92. The molecule has 0 spiro atoms. The maximum Gasteiger partial charge on any atom is 0.177 e. The van der Waals surface area contributed by atoms with Crippen molar-refractivity contribution in [1.82, 2.24) is 20.0 Å². The van der Waals surface area contributed by atoms with Crippen molar-refractivity contribution >= 4 is 34.8 Å². The maximum atomic E-state index is 5.80. The molecule has 0 saturated heterocycles. The van der Waals surface area contributed by atoms with Crippen molar-refractivity contribution in [3.63, 3.8) is 0 Å². The summed E-state index contributed by atoms with van der Waals surface area (Å²) in [5, 5.41) is 12.2. The Kier molecular flexibility index (Phi) is 2.58. The third kappa shape index (κ3) is 1.82. The molecule has 4 nitrogen and oxygen atoms in total. The second-order valence-corrected chi connectivity index (χ2v) is 3.63. The highest BCUT2D eigenvalue weighted by Crippen LogP contribution is 2.20. The quantitative estimate of drug-likeness (QED) is 0.780. The van der Waals surface area contributed by atoms with E-state index in [-0.39, 0.29) is 10.3 Å². The first kappa shape index (κ1) is 9.71. The molecule has 14 heavy (non-hydrogen) atoms. The molecule has 0 atom stereocenters. The van der Waals surface area contributed by atoms with Crippen molar-refractivity contribution in [2.24, 2.45) is 0 Å². The summed E-state index contributed by atoms with van der Waals surface area (Å²) in [6.07, 6.45) is 3.09. The lowest BCUT2D eigenvalue weighted by Gasteiger charge is -2.01. The van der Waals surface area contributed by atoms with Gasteiger partial charge in [-0.3, -0.25) is 0 Å². The summed E-state index contributed by atoms with van der Waals surface area (Å²) in [5.41, 5.74) is 0.540. The van der Waals surface area contributed by atoms with E-state index in [0.717, 1.165) is 0 Å². The molecular weight excluding hydrogens is 246 g/mol. The van der Waals surface area contributed by atoms with E-state index in [9.17, 15) is 0 Å². The van der Waals surface area contributed by atoms with Crippen LogP contribution in [0.15, 0.2) is 18.5 Å². The van der Waals surface area contributed by atoms with Crippen LogP contribution in [0.2, 0.25) is 15.3 Å². The van der Waals surface area contributed by atoms with Crippen LogP contribution in [-0.2, 0) is 0 Å². The standard InChI is InChI=1S/C7H3Cl3N4/c8-4-2-11-14(3-4)5-1-6(9)12-13-7(5)10/h1-3H. The Morgan fingerprint density at radius 3 is 2.57 bits per heavy atom. The van der Waals surface area contributed by atoms with Crippen LogP contribution in [-0.4, -0.2) is 20.0 Å². The first-order valence-corrected chi connectivity index (χ1v) is 4.69. The van der Waals surface area contributed by atoms with Crippen molar-refractivity contribution in [3.8, 4) is 5.69 Å². The highest BCUT2D eigenvalue weighted by atomic mass is 35.5. The number of hydrogen-bond donors (Lipinski definition) is 0. The van der Waals surface area contributed by atoms with Crippen LogP contribution in [0.1, 0.15) is 0 Å². The summed E-state index contributed by atoms with van der Waals surface area (Å²) < 4.78 is 1.48. The molecule has 0 N–H and O–H groups in total. The lowest BCUT2D eigenvalue weighted by Crippen LogP contribution is -1.98. The fourth-order valence-corrected chi connectivity index (χ4v) is 1.39. The smallest absolute Gasteiger partial charge is 0.177 e. The number of hydrogen-bond acceptors (Lipinski definition) is 3. The largest absolute Gasteiger partial charge is 0.236 e. The summed E-state index contributed by atoms with van der Waals surface area (Å²) in [5.74, 6) is 0. The van der Waals surface area contributed by atoms with E-state index in [0.29, 0.717) is 10.7 Å². The molecule has 0 fully saturated rings. The number of nitrogens with zero attached hydrogens (tertiary/aromatic N) is 4. The summed E-state index contributed by atoms with van der Waals surface area (Å²) >= 11 is 17.2. The van der Waals surface area contributed by atoms with Crippen molar-refractivity contribution in [2.75, 3.05) is 0 Å². The lowest BCUT2D eigenvalue weighted by atomic mass is 10.5. The fourth-order valence-electron chi connectivity index (χ4n) is 0.937. The van der Waals surface area contributed by atoms with Gasteiger partial charge in [0, 0.05) is 12.3 Å². The molecule has 0 aliphatic heterocycles. The van der Waals surface area contributed by atoms with E-state index < -0.39 is 0 Å². The Labute approximate surface area is 94.4 Å². The Hall–Kier alpha value is -0.840. The topological polar surface area (TPSA) is 43.6 Å². The van der Waals surface area contributed by atoms with Crippen molar-refractivity contribution in [1.29, 1.82) is 0 Å². The van der Waals surface area contributed by atoms with Crippen LogP contribution >= 0.6 is 34.8 Å². The van der Waals surface area contributed by atoms with Crippen LogP contribution in [0.4, 0.5) is 0 Å². The maximum absolute atomic E-state index is 5.80. The van der Waals surface area contributed by atoms with Gasteiger partial charge in [-0.25, -0.2) is 4.68 Å². The van der Waals surface area contributed by atoms with Gasteiger partial charge in [0.25, 0.3) is 0 Å². The first-order valence-electron chi connectivity index (χ1n) is 3.56. The van der Waals surface area contributed by atoms with Crippen LogP contribution in [0.3, 0.4) is 0 Å². The van der Waals surface area contributed by atoms with Crippen LogP contribution < -0.4 is 0 Å². The zero-order chi connectivity index (χ0) is 10.1. The summed E-state index contributed by atoms with van der Waals surface area (Å²) in [6.45, 7) is 0. The van der Waals surface area contributed by atoms with E-state index in [1.165, 1.54) is 10.9 Å². The van der Waals surface area contributed by atoms with Crippen molar-refractivity contribution in [2.45, 2.75) is 0 Å². The molecule has 2 aromatic heterocycles. The van der Waals surface area contributed by atoms with Gasteiger partial charge in [0.1, 0.15) is 5.69 Å². The van der Waals surface area contributed by atoms with Gasteiger partial charge in [0.05, 0.1) is 11.2 Å². The highest BCUT2D eigenvalue weighted by molar-refractivity contribution is 6.32. The van der Waals surface area contributed by atoms with Gasteiger partial charge in [0.2, 0.25) is 0 Å². The van der Waals surface area contributed by atoms with E-state index in [1.807, 2.05) is 0 Å². The van der Waals surface area contributed by atoms with Gasteiger partial charge < -0.3 is 0 Å². The summed E-state index contributed by atoms with van der Waals surface area (Å²) in [4.78, 5) is 0. The van der Waals surface area contributed by atoms with Crippen molar-refractivity contribution in [3.05, 3.63) is 33.8 Å². The number of rotatable bonds is 1. The SMILES string of the molecule is Clc1cnn(-c2cc(Cl)nnc2Cl)c1. The van der Waals surface area contributed by atoms with Gasteiger partial charge in [0.15, 0.2) is 10.3 Å².